The molecule has 1 aliphatic carbocycles. The number of rotatable bonds is 6. The minimum Gasteiger partial charge on any atom is -0.464 e. The predicted octanol–water partition coefficient (Wildman–Crippen LogP) is 3.13. The van der Waals surface area contributed by atoms with Crippen LogP contribution in [0.25, 0.3) is 0 Å². The third-order valence-electron chi connectivity index (χ3n) is 4.27. The molecule has 0 aliphatic heterocycles. The summed E-state index contributed by atoms with van der Waals surface area (Å²) in [4.78, 5) is 13.3. The van der Waals surface area contributed by atoms with Gasteiger partial charge in [-0.25, -0.2) is 0 Å². The monoisotopic (exact) mass is 298 g/mol. The number of amides is 1. The summed E-state index contributed by atoms with van der Waals surface area (Å²) < 4.78 is 5.93. The van der Waals surface area contributed by atoms with E-state index in [1.165, 1.54) is 6.42 Å². The second kappa shape index (κ2) is 5.97. The van der Waals surface area contributed by atoms with Gasteiger partial charge in [0, 0.05) is 18.0 Å². The number of benzene rings is 1. The highest BCUT2D eigenvalue weighted by atomic mass is 16.3. The molecule has 1 heterocycles. The first kappa shape index (κ1) is 14.9. The first-order valence-electron chi connectivity index (χ1n) is 7.69. The summed E-state index contributed by atoms with van der Waals surface area (Å²) in [6, 6.07) is 11.6. The maximum atomic E-state index is 11.1. The van der Waals surface area contributed by atoms with Crippen LogP contribution in [0, 0.1) is 5.92 Å². The summed E-state index contributed by atoms with van der Waals surface area (Å²) in [6.07, 6.45) is 1.25. The molecule has 2 atom stereocenters. The van der Waals surface area contributed by atoms with E-state index in [1.807, 2.05) is 12.1 Å². The van der Waals surface area contributed by atoms with E-state index in [9.17, 15) is 4.79 Å². The maximum Gasteiger partial charge on any atom is 0.248 e. The SMILES string of the molecule is C[C@H]1C[C@H]1c1ccc(CN(C)Cc2ccc(C(N)=O)cc2)o1. The van der Waals surface area contributed by atoms with Crippen LogP contribution in [0.1, 0.15) is 46.7 Å². The molecule has 0 bridgehead atoms. The van der Waals surface area contributed by atoms with Crippen LogP contribution >= 0.6 is 0 Å². The molecule has 1 fully saturated rings. The fourth-order valence-electron chi connectivity index (χ4n) is 2.81. The standard InChI is InChI=1S/C18H22N2O2/c1-12-9-16(12)17-8-7-15(22-17)11-20(2)10-13-3-5-14(6-4-13)18(19)21/h3-8,12,16H,9-11H2,1-2H3,(H2,19,21)/t12-,16+/m0/s1. The first-order valence-corrected chi connectivity index (χ1v) is 7.69. The Bertz CT molecular complexity index is 660. The number of primary amides is 1. The topological polar surface area (TPSA) is 59.5 Å². The number of nitrogens with two attached hydrogens (primary N) is 1. The summed E-state index contributed by atoms with van der Waals surface area (Å²) >= 11 is 0. The Morgan fingerprint density at radius 3 is 2.50 bits per heavy atom. The van der Waals surface area contributed by atoms with Crippen molar-refractivity contribution >= 4 is 5.91 Å². The van der Waals surface area contributed by atoms with E-state index in [2.05, 4.69) is 31.0 Å². The average molecular weight is 298 g/mol. The van der Waals surface area contributed by atoms with Gasteiger partial charge in [-0.05, 0) is 49.2 Å². The van der Waals surface area contributed by atoms with Crippen LogP contribution in [0.5, 0.6) is 0 Å². The van der Waals surface area contributed by atoms with Crippen LogP contribution < -0.4 is 5.73 Å². The van der Waals surface area contributed by atoms with Gasteiger partial charge in [-0.1, -0.05) is 19.1 Å². The lowest BCUT2D eigenvalue weighted by Gasteiger charge is -2.15. The second-order valence-corrected chi connectivity index (χ2v) is 6.36. The predicted molar refractivity (Wildman–Crippen MR) is 85.4 cm³/mol. The average Bonchev–Trinajstić information content (AvgIpc) is 3.03. The van der Waals surface area contributed by atoms with Gasteiger partial charge in [0.25, 0.3) is 0 Å². The molecular weight excluding hydrogens is 276 g/mol. The van der Waals surface area contributed by atoms with Crippen molar-refractivity contribution in [1.82, 2.24) is 4.90 Å². The molecule has 3 rings (SSSR count). The highest BCUT2D eigenvalue weighted by Crippen LogP contribution is 2.47. The van der Waals surface area contributed by atoms with Gasteiger partial charge < -0.3 is 10.2 Å². The lowest BCUT2D eigenvalue weighted by molar-refractivity contribution is 0.100. The number of furan rings is 1. The van der Waals surface area contributed by atoms with Crippen molar-refractivity contribution in [3.8, 4) is 0 Å². The molecule has 1 aromatic carbocycles. The number of hydrogen-bond acceptors (Lipinski definition) is 3. The quantitative estimate of drug-likeness (QED) is 0.891. The number of nitrogens with zero attached hydrogens (tertiary/aromatic N) is 1. The zero-order valence-electron chi connectivity index (χ0n) is 13.1. The van der Waals surface area contributed by atoms with Crippen LogP contribution in [-0.4, -0.2) is 17.9 Å². The molecule has 22 heavy (non-hydrogen) atoms. The van der Waals surface area contributed by atoms with Gasteiger partial charge >= 0.3 is 0 Å². The van der Waals surface area contributed by atoms with Crippen molar-refractivity contribution in [3.05, 3.63) is 59.0 Å². The van der Waals surface area contributed by atoms with Crippen molar-refractivity contribution in [1.29, 1.82) is 0 Å². The zero-order valence-corrected chi connectivity index (χ0v) is 13.1. The fraction of sp³-hybridized carbons (Fsp3) is 0.389. The molecular formula is C18H22N2O2. The van der Waals surface area contributed by atoms with Gasteiger partial charge in [-0.2, -0.15) is 0 Å². The van der Waals surface area contributed by atoms with E-state index >= 15 is 0 Å². The van der Waals surface area contributed by atoms with E-state index < -0.39 is 5.91 Å². The Kier molecular flexibility index (Phi) is 4.03. The molecule has 1 aromatic heterocycles. The summed E-state index contributed by atoms with van der Waals surface area (Å²) in [5, 5.41) is 0. The van der Waals surface area contributed by atoms with Crippen molar-refractivity contribution in [2.24, 2.45) is 11.7 Å². The minimum atomic E-state index is -0.391. The van der Waals surface area contributed by atoms with Gasteiger partial charge in [-0.3, -0.25) is 9.69 Å². The van der Waals surface area contributed by atoms with E-state index in [-0.39, 0.29) is 0 Å². The third kappa shape index (κ3) is 3.39. The van der Waals surface area contributed by atoms with Crippen LogP contribution in [-0.2, 0) is 13.1 Å². The first-order chi connectivity index (χ1) is 10.5. The van der Waals surface area contributed by atoms with Crippen LogP contribution in [0.4, 0.5) is 0 Å². The van der Waals surface area contributed by atoms with Crippen LogP contribution in [0.3, 0.4) is 0 Å². The van der Waals surface area contributed by atoms with Crippen molar-refractivity contribution < 1.29 is 9.21 Å². The van der Waals surface area contributed by atoms with Crippen molar-refractivity contribution in [2.45, 2.75) is 32.4 Å². The van der Waals surface area contributed by atoms with E-state index in [1.54, 1.807) is 12.1 Å². The Balaban J connectivity index is 1.56. The highest BCUT2D eigenvalue weighted by Gasteiger charge is 2.36. The maximum absolute atomic E-state index is 11.1. The van der Waals surface area contributed by atoms with E-state index in [0.29, 0.717) is 11.5 Å². The molecule has 0 saturated heterocycles. The lowest BCUT2D eigenvalue weighted by Crippen LogP contribution is -2.17. The zero-order chi connectivity index (χ0) is 15.7. The van der Waals surface area contributed by atoms with Gasteiger partial charge in [-0.15, -0.1) is 0 Å². The number of carbonyl (C=O) groups is 1. The van der Waals surface area contributed by atoms with E-state index in [0.717, 1.165) is 36.1 Å². The van der Waals surface area contributed by atoms with Crippen LogP contribution in [0.15, 0.2) is 40.8 Å². The Morgan fingerprint density at radius 1 is 1.23 bits per heavy atom. The molecule has 2 aromatic rings. The smallest absolute Gasteiger partial charge is 0.248 e. The van der Waals surface area contributed by atoms with Crippen LogP contribution in [0.2, 0.25) is 0 Å². The van der Waals surface area contributed by atoms with E-state index in [4.69, 9.17) is 10.2 Å². The number of hydrogen-bond donors (Lipinski definition) is 1. The third-order valence-corrected chi connectivity index (χ3v) is 4.27. The van der Waals surface area contributed by atoms with Gasteiger partial charge in [0.05, 0.1) is 6.54 Å². The summed E-state index contributed by atoms with van der Waals surface area (Å²) in [6.45, 7) is 3.84. The molecule has 0 unspecified atom stereocenters. The molecule has 116 valence electrons. The second-order valence-electron chi connectivity index (χ2n) is 6.36. The number of carbonyl (C=O) groups excluding carboxylic acids is 1. The molecule has 1 aliphatic rings. The molecule has 4 heteroatoms. The molecule has 0 radical (unpaired) electrons. The fourth-order valence-corrected chi connectivity index (χ4v) is 2.81. The molecule has 0 spiro atoms. The lowest BCUT2D eigenvalue weighted by atomic mass is 10.1. The molecule has 4 nitrogen and oxygen atoms in total. The summed E-state index contributed by atoms with van der Waals surface area (Å²) in [5.74, 6) is 3.13. The van der Waals surface area contributed by atoms with Crippen molar-refractivity contribution in [3.63, 3.8) is 0 Å². The molecule has 1 amide bonds. The Labute approximate surface area is 130 Å². The Morgan fingerprint density at radius 2 is 1.91 bits per heavy atom. The normalized spacial score (nSPS) is 20.3. The molecule has 1 saturated carbocycles. The largest absolute Gasteiger partial charge is 0.464 e. The van der Waals surface area contributed by atoms with Crippen molar-refractivity contribution in [2.75, 3.05) is 7.05 Å². The minimum absolute atomic E-state index is 0.391. The molecule has 2 N–H and O–H groups in total. The Hall–Kier alpha value is -2.07. The summed E-state index contributed by atoms with van der Waals surface area (Å²) in [5.41, 5.74) is 6.94. The highest BCUT2D eigenvalue weighted by molar-refractivity contribution is 5.92. The van der Waals surface area contributed by atoms with Gasteiger partial charge in [0.1, 0.15) is 11.5 Å². The van der Waals surface area contributed by atoms with Gasteiger partial charge in [0.2, 0.25) is 5.91 Å². The summed E-state index contributed by atoms with van der Waals surface area (Å²) in [7, 11) is 2.06. The van der Waals surface area contributed by atoms with Gasteiger partial charge in [0.15, 0.2) is 0 Å².